The van der Waals surface area contributed by atoms with Crippen LogP contribution in [0.4, 0.5) is 0 Å². The molecule has 3 rings (SSSR count). The number of hydrogen-bond acceptors (Lipinski definition) is 5. The molecule has 3 atom stereocenters. The molecule has 2 fully saturated rings. The summed E-state index contributed by atoms with van der Waals surface area (Å²) in [5.74, 6) is 2.39. The van der Waals surface area contributed by atoms with Crippen molar-refractivity contribution in [3.8, 4) is 0 Å². The number of aromatic nitrogens is 2. The lowest BCUT2D eigenvalue weighted by atomic mass is 9.83. The van der Waals surface area contributed by atoms with Gasteiger partial charge in [-0.2, -0.15) is 4.98 Å². The van der Waals surface area contributed by atoms with Crippen molar-refractivity contribution in [2.24, 2.45) is 11.7 Å². The normalized spacial score (nSPS) is 32.8. The van der Waals surface area contributed by atoms with Crippen LogP contribution in [0.25, 0.3) is 0 Å². The third kappa shape index (κ3) is 2.57. The lowest BCUT2D eigenvalue weighted by molar-refractivity contribution is 0.192. The van der Waals surface area contributed by atoms with Gasteiger partial charge in [0.15, 0.2) is 5.82 Å². The first-order chi connectivity index (χ1) is 8.83. The summed E-state index contributed by atoms with van der Waals surface area (Å²) in [6.07, 6.45) is 6.68. The molecule has 2 heterocycles. The number of nitrogens with two attached hydrogens (primary N) is 1. The Kier molecular flexibility index (Phi) is 3.61. The summed E-state index contributed by atoms with van der Waals surface area (Å²) in [5, 5.41) is 4.08. The molecule has 1 aliphatic heterocycles. The molecule has 100 valence electrons. The van der Waals surface area contributed by atoms with E-state index in [1.165, 1.54) is 19.3 Å². The van der Waals surface area contributed by atoms with Gasteiger partial charge in [0.05, 0.1) is 6.61 Å². The van der Waals surface area contributed by atoms with Crippen molar-refractivity contribution >= 4 is 0 Å². The van der Waals surface area contributed by atoms with Gasteiger partial charge in [-0.1, -0.05) is 18.0 Å². The molecule has 0 radical (unpaired) electrons. The van der Waals surface area contributed by atoms with Crippen molar-refractivity contribution in [1.82, 2.24) is 10.1 Å². The predicted octanol–water partition coefficient (Wildman–Crippen LogP) is 1.63. The summed E-state index contributed by atoms with van der Waals surface area (Å²) in [6, 6.07) is 0.295. The maximum atomic E-state index is 6.15. The maximum Gasteiger partial charge on any atom is 0.226 e. The molecule has 1 aromatic rings. The van der Waals surface area contributed by atoms with Crippen LogP contribution in [0.1, 0.15) is 49.7 Å². The van der Waals surface area contributed by atoms with Gasteiger partial charge in [0.2, 0.25) is 5.89 Å². The number of hydrogen-bond donors (Lipinski definition) is 1. The second-order valence-electron chi connectivity index (χ2n) is 5.52. The maximum absolute atomic E-state index is 6.15. The van der Waals surface area contributed by atoms with Gasteiger partial charge in [0.25, 0.3) is 0 Å². The Morgan fingerprint density at radius 1 is 1.22 bits per heavy atom. The van der Waals surface area contributed by atoms with E-state index >= 15 is 0 Å². The molecule has 1 saturated heterocycles. The molecule has 1 aromatic heterocycles. The van der Waals surface area contributed by atoms with Gasteiger partial charge in [0, 0.05) is 25.0 Å². The Bertz CT molecular complexity index is 387. The Morgan fingerprint density at radius 3 is 2.89 bits per heavy atom. The van der Waals surface area contributed by atoms with Crippen molar-refractivity contribution in [3.05, 3.63) is 11.7 Å². The SMILES string of the molecule is NC1CCCCC1Cc1nc(C2CCOC2)no1. The van der Waals surface area contributed by atoms with Crippen LogP contribution in [0.5, 0.6) is 0 Å². The van der Waals surface area contributed by atoms with Gasteiger partial charge in [-0.15, -0.1) is 0 Å². The first-order valence-electron chi connectivity index (χ1n) is 6.99. The standard InChI is InChI=1S/C13H21N3O2/c14-11-4-2-1-3-9(11)7-12-15-13(16-18-12)10-5-6-17-8-10/h9-11H,1-8,14H2. The fourth-order valence-electron chi connectivity index (χ4n) is 2.97. The minimum Gasteiger partial charge on any atom is -0.381 e. The molecule has 2 aliphatic rings. The molecular weight excluding hydrogens is 230 g/mol. The van der Waals surface area contributed by atoms with Crippen molar-refractivity contribution in [1.29, 1.82) is 0 Å². The van der Waals surface area contributed by atoms with Crippen LogP contribution < -0.4 is 5.73 Å². The van der Waals surface area contributed by atoms with E-state index in [1.807, 2.05) is 0 Å². The molecule has 5 heteroatoms. The lowest BCUT2D eigenvalue weighted by Gasteiger charge is -2.27. The van der Waals surface area contributed by atoms with Crippen LogP contribution in [0.15, 0.2) is 4.52 Å². The highest BCUT2D eigenvalue weighted by atomic mass is 16.5. The second kappa shape index (κ2) is 5.36. The molecule has 0 amide bonds. The van der Waals surface area contributed by atoms with Crippen LogP contribution in [0, 0.1) is 5.92 Å². The quantitative estimate of drug-likeness (QED) is 0.883. The van der Waals surface area contributed by atoms with Crippen LogP contribution in [-0.2, 0) is 11.2 Å². The summed E-state index contributed by atoms with van der Waals surface area (Å²) in [7, 11) is 0. The Morgan fingerprint density at radius 2 is 2.11 bits per heavy atom. The zero-order valence-electron chi connectivity index (χ0n) is 10.7. The zero-order chi connectivity index (χ0) is 12.4. The summed E-state index contributed by atoms with van der Waals surface area (Å²) in [5.41, 5.74) is 6.15. The topological polar surface area (TPSA) is 74.2 Å². The molecule has 2 N–H and O–H groups in total. The molecule has 18 heavy (non-hydrogen) atoms. The van der Waals surface area contributed by atoms with Crippen LogP contribution in [-0.4, -0.2) is 29.4 Å². The minimum atomic E-state index is 0.295. The van der Waals surface area contributed by atoms with E-state index in [-0.39, 0.29) is 0 Å². The number of ether oxygens (including phenoxy) is 1. The van der Waals surface area contributed by atoms with Crippen LogP contribution in [0.3, 0.4) is 0 Å². The monoisotopic (exact) mass is 251 g/mol. The highest BCUT2D eigenvalue weighted by Gasteiger charge is 2.26. The van der Waals surface area contributed by atoms with E-state index < -0.39 is 0 Å². The summed E-state index contributed by atoms with van der Waals surface area (Å²) < 4.78 is 10.7. The van der Waals surface area contributed by atoms with Crippen molar-refractivity contribution in [2.45, 2.75) is 50.5 Å². The molecular formula is C13H21N3O2. The van der Waals surface area contributed by atoms with Crippen molar-refractivity contribution < 1.29 is 9.26 Å². The Hall–Kier alpha value is -0.940. The molecule has 0 bridgehead atoms. The fourth-order valence-corrected chi connectivity index (χ4v) is 2.97. The molecule has 1 aliphatic carbocycles. The summed E-state index contributed by atoms with van der Waals surface area (Å²) in [4.78, 5) is 4.51. The molecule has 0 aromatic carbocycles. The summed E-state index contributed by atoms with van der Waals surface area (Å²) in [6.45, 7) is 1.53. The van der Waals surface area contributed by atoms with E-state index in [1.54, 1.807) is 0 Å². The smallest absolute Gasteiger partial charge is 0.226 e. The van der Waals surface area contributed by atoms with Gasteiger partial charge >= 0.3 is 0 Å². The van der Waals surface area contributed by atoms with Gasteiger partial charge in [-0.05, 0) is 25.2 Å². The third-order valence-corrected chi connectivity index (χ3v) is 4.18. The molecule has 3 unspecified atom stereocenters. The number of nitrogens with zero attached hydrogens (tertiary/aromatic N) is 2. The van der Waals surface area contributed by atoms with Crippen LogP contribution >= 0.6 is 0 Å². The van der Waals surface area contributed by atoms with Gasteiger partial charge < -0.3 is 15.0 Å². The average molecular weight is 251 g/mol. The third-order valence-electron chi connectivity index (χ3n) is 4.18. The lowest BCUT2D eigenvalue weighted by Crippen LogP contribution is -2.34. The van der Waals surface area contributed by atoms with Crippen molar-refractivity contribution in [3.63, 3.8) is 0 Å². The van der Waals surface area contributed by atoms with Gasteiger partial charge in [0.1, 0.15) is 0 Å². The largest absolute Gasteiger partial charge is 0.381 e. The molecule has 1 saturated carbocycles. The predicted molar refractivity (Wildman–Crippen MR) is 66.1 cm³/mol. The molecule has 0 spiro atoms. The summed E-state index contributed by atoms with van der Waals surface area (Å²) >= 11 is 0. The Labute approximate surface area is 107 Å². The van der Waals surface area contributed by atoms with E-state index in [9.17, 15) is 0 Å². The van der Waals surface area contributed by atoms with E-state index in [0.717, 1.165) is 44.2 Å². The van der Waals surface area contributed by atoms with Gasteiger partial charge in [-0.3, -0.25) is 0 Å². The van der Waals surface area contributed by atoms with E-state index in [4.69, 9.17) is 15.0 Å². The fraction of sp³-hybridized carbons (Fsp3) is 0.846. The van der Waals surface area contributed by atoms with Crippen molar-refractivity contribution in [2.75, 3.05) is 13.2 Å². The first-order valence-corrected chi connectivity index (χ1v) is 6.99. The molecule has 5 nitrogen and oxygen atoms in total. The first kappa shape index (κ1) is 12.1. The zero-order valence-corrected chi connectivity index (χ0v) is 10.7. The highest BCUT2D eigenvalue weighted by Crippen LogP contribution is 2.27. The average Bonchev–Trinajstić information content (AvgIpc) is 3.02. The number of rotatable bonds is 3. The highest BCUT2D eigenvalue weighted by molar-refractivity contribution is 4.98. The van der Waals surface area contributed by atoms with E-state index in [0.29, 0.717) is 17.9 Å². The van der Waals surface area contributed by atoms with Crippen LogP contribution in [0.2, 0.25) is 0 Å². The second-order valence-corrected chi connectivity index (χ2v) is 5.52. The minimum absolute atomic E-state index is 0.295. The Balaban J connectivity index is 1.62. The van der Waals surface area contributed by atoms with Gasteiger partial charge in [-0.25, -0.2) is 0 Å². The van der Waals surface area contributed by atoms with E-state index in [2.05, 4.69) is 10.1 Å².